The second kappa shape index (κ2) is 9.53. The second-order valence-corrected chi connectivity index (χ2v) is 7.44. The topological polar surface area (TPSA) is 84.5 Å². The Kier molecular flexibility index (Phi) is 6.84. The summed E-state index contributed by atoms with van der Waals surface area (Å²) < 4.78 is 25.6. The van der Waals surface area contributed by atoms with Gasteiger partial charge in [-0.1, -0.05) is 43.5 Å². The molecule has 1 aliphatic carbocycles. The molecule has 0 saturated heterocycles. The number of anilines is 2. The van der Waals surface area contributed by atoms with Crippen LogP contribution in [0.5, 0.6) is 0 Å². The second-order valence-electron chi connectivity index (χ2n) is 6.73. The number of hydrogen-bond acceptors (Lipinski definition) is 4. The van der Waals surface area contributed by atoms with Crippen LogP contribution in [0.25, 0.3) is 0 Å². The number of nitrogens with one attached hydrogen (secondary N) is 2. The normalized spacial score (nSPS) is 14.9. The van der Waals surface area contributed by atoms with Gasteiger partial charge in [0, 0.05) is 11.4 Å². The third-order valence-corrected chi connectivity index (χ3v) is 5.11. The zero-order valence-corrected chi connectivity index (χ0v) is 15.9. The highest BCUT2D eigenvalue weighted by Gasteiger charge is 2.15. The summed E-state index contributed by atoms with van der Waals surface area (Å²) in [5, 5.41) is 5.55. The van der Waals surface area contributed by atoms with Crippen LogP contribution in [0.4, 0.5) is 16.2 Å². The fourth-order valence-corrected chi connectivity index (χ4v) is 3.69. The summed E-state index contributed by atoms with van der Waals surface area (Å²) in [5.41, 5.74) is 3.29. The standard InChI is InChI=1S/C20H24N2O4S/c23-20(22-19-8-4-5-15(13-19)14-26-27(24)25)21-18-11-9-17(10-12-18)16-6-2-1-3-7-16/h4-5,8-13,16,27H,1-3,6-7,14H2,(H2,21,22,23). The molecule has 1 aliphatic rings. The molecule has 2 aromatic carbocycles. The maximum atomic E-state index is 12.2. The lowest BCUT2D eigenvalue weighted by molar-refractivity contribution is 0.262. The number of urea groups is 1. The Morgan fingerprint density at radius 1 is 0.963 bits per heavy atom. The van der Waals surface area contributed by atoms with Crippen molar-refractivity contribution in [2.45, 2.75) is 44.6 Å². The van der Waals surface area contributed by atoms with Gasteiger partial charge in [-0.3, -0.25) is 4.18 Å². The molecule has 0 radical (unpaired) electrons. The summed E-state index contributed by atoms with van der Waals surface area (Å²) in [7, 11) is -2.89. The smallest absolute Gasteiger partial charge is 0.308 e. The van der Waals surface area contributed by atoms with Gasteiger partial charge < -0.3 is 10.6 Å². The largest absolute Gasteiger partial charge is 0.323 e. The molecule has 0 aromatic heterocycles. The first-order valence-electron chi connectivity index (χ1n) is 9.14. The van der Waals surface area contributed by atoms with Crippen molar-refractivity contribution >= 4 is 28.4 Å². The molecule has 0 spiro atoms. The minimum atomic E-state index is -2.89. The molecule has 1 saturated carbocycles. The first-order valence-corrected chi connectivity index (χ1v) is 10.2. The molecule has 2 amide bonds. The Morgan fingerprint density at radius 3 is 2.37 bits per heavy atom. The molecule has 6 nitrogen and oxygen atoms in total. The van der Waals surface area contributed by atoms with E-state index in [0.717, 1.165) is 5.69 Å². The average Bonchev–Trinajstić information content (AvgIpc) is 2.68. The van der Waals surface area contributed by atoms with Crippen molar-refractivity contribution in [3.05, 3.63) is 59.7 Å². The molecule has 0 atom stereocenters. The summed E-state index contributed by atoms with van der Waals surface area (Å²) in [6.07, 6.45) is 6.41. The Labute approximate surface area is 161 Å². The molecule has 144 valence electrons. The number of thiol groups is 1. The number of carbonyl (C=O) groups is 1. The van der Waals surface area contributed by atoms with E-state index in [1.54, 1.807) is 24.3 Å². The van der Waals surface area contributed by atoms with Crippen molar-refractivity contribution in [2.75, 3.05) is 10.6 Å². The van der Waals surface area contributed by atoms with Crippen LogP contribution in [0.3, 0.4) is 0 Å². The Morgan fingerprint density at radius 2 is 1.67 bits per heavy atom. The summed E-state index contributed by atoms with van der Waals surface area (Å²) in [6.45, 7) is -0.0571. The minimum absolute atomic E-state index is 0.0571. The first kappa shape index (κ1) is 19.4. The van der Waals surface area contributed by atoms with Gasteiger partial charge in [-0.05, 0) is 54.2 Å². The Hall–Kier alpha value is -2.38. The maximum Gasteiger partial charge on any atom is 0.323 e. The van der Waals surface area contributed by atoms with Crippen LogP contribution in [0.1, 0.15) is 49.1 Å². The highest BCUT2D eigenvalue weighted by molar-refractivity contribution is 7.67. The zero-order chi connectivity index (χ0) is 19.1. The fraction of sp³-hybridized carbons (Fsp3) is 0.350. The molecule has 7 heteroatoms. The van der Waals surface area contributed by atoms with Crippen molar-refractivity contribution in [1.82, 2.24) is 0 Å². The van der Waals surface area contributed by atoms with Crippen LogP contribution in [-0.4, -0.2) is 14.4 Å². The van der Waals surface area contributed by atoms with Gasteiger partial charge >= 0.3 is 6.03 Å². The van der Waals surface area contributed by atoms with E-state index >= 15 is 0 Å². The van der Waals surface area contributed by atoms with Gasteiger partial charge in [0.05, 0.1) is 6.61 Å². The van der Waals surface area contributed by atoms with Gasteiger partial charge in [0.25, 0.3) is 11.0 Å². The third-order valence-electron chi connectivity index (χ3n) is 4.77. The van der Waals surface area contributed by atoms with E-state index in [2.05, 4.69) is 26.9 Å². The number of hydrogen-bond donors (Lipinski definition) is 3. The lowest BCUT2D eigenvalue weighted by Crippen LogP contribution is -2.19. The summed E-state index contributed by atoms with van der Waals surface area (Å²) in [6, 6.07) is 14.5. The number of amides is 2. The molecule has 27 heavy (non-hydrogen) atoms. The van der Waals surface area contributed by atoms with Gasteiger partial charge in [-0.2, -0.15) is 0 Å². The summed E-state index contributed by atoms with van der Waals surface area (Å²) in [5.74, 6) is 0.635. The molecule has 0 aliphatic heterocycles. The molecular weight excluding hydrogens is 364 g/mol. The molecule has 0 unspecified atom stereocenters. The van der Waals surface area contributed by atoms with Crippen LogP contribution in [-0.2, 0) is 21.8 Å². The zero-order valence-electron chi connectivity index (χ0n) is 15.0. The number of carbonyl (C=O) groups excluding carboxylic acids is 1. The molecule has 1 fully saturated rings. The van der Waals surface area contributed by atoms with Crippen molar-refractivity contribution in [3.8, 4) is 0 Å². The van der Waals surface area contributed by atoms with E-state index in [1.165, 1.54) is 37.7 Å². The average molecular weight is 388 g/mol. The van der Waals surface area contributed by atoms with Gasteiger partial charge in [0.2, 0.25) is 0 Å². The highest BCUT2D eigenvalue weighted by atomic mass is 32.2. The van der Waals surface area contributed by atoms with Crippen LogP contribution < -0.4 is 10.6 Å². The molecule has 0 bridgehead atoms. The predicted molar refractivity (Wildman–Crippen MR) is 106 cm³/mol. The Bertz CT molecular complexity index is 835. The van der Waals surface area contributed by atoms with E-state index in [4.69, 9.17) is 0 Å². The van der Waals surface area contributed by atoms with Crippen molar-refractivity contribution < 1.29 is 17.4 Å². The number of rotatable bonds is 6. The van der Waals surface area contributed by atoms with Crippen LogP contribution in [0.15, 0.2) is 48.5 Å². The quantitative estimate of drug-likeness (QED) is 0.640. The summed E-state index contributed by atoms with van der Waals surface area (Å²) >= 11 is 0. The predicted octanol–water partition coefficient (Wildman–Crippen LogP) is 4.42. The van der Waals surface area contributed by atoms with Gasteiger partial charge in [-0.15, -0.1) is 0 Å². The van der Waals surface area contributed by atoms with Gasteiger partial charge in [-0.25, -0.2) is 13.2 Å². The lowest BCUT2D eigenvalue weighted by Gasteiger charge is -2.22. The van der Waals surface area contributed by atoms with E-state index in [-0.39, 0.29) is 12.6 Å². The molecule has 3 rings (SSSR count). The van der Waals surface area contributed by atoms with E-state index in [9.17, 15) is 13.2 Å². The van der Waals surface area contributed by atoms with E-state index in [0.29, 0.717) is 17.2 Å². The molecular formula is C20H24N2O4S. The van der Waals surface area contributed by atoms with E-state index in [1.807, 2.05) is 12.1 Å². The van der Waals surface area contributed by atoms with Crippen LogP contribution >= 0.6 is 0 Å². The first-order chi connectivity index (χ1) is 13.1. The number of benzene rings is 2. The Balaban J connectivity index is 1.55. The fourth-order valence-electron chi connectivity index (χ4n) is 3.43. The van der Waals surface area contributed by atoms with E-state index < -0.39 is 11.0 Å². The minimum Gasteiger partial charge on any atom is -0.308 e. The highest BCUT2D eigenvalue weighted by Crippen LogP contribution is 2.32. The maximum absolute atomic E-state index is 12.2. The SMILES string of the molecule is O=C(Nc1ccc(C2CCCCC2)cc1)Nc1cccc(CO[SH](=O)=O)c1. The monoisotopic (exact) mass is 388 g/mol. The van der Waals surface area contributed by atoms with Crippen LogP contribution in [0, 0.1) is 0 Å². The van der Waals surface area contributed by atoms with Gasteiger partial charge in [0.15, 0.2) is 0 Å². The third kappa shape index (κ3) is 6.08. The molecule has 0 heterocycles. The lowest BCUT2D eigenvalue weighted by atomic mass is 9.84. The summed E-state index contributed by atoms with van der Waals surface area (Å²) in [4.78, 5) is 12.2. The molecule has 2 aromatic rings. The van der Waals surface area contributed by atoms with Crippen molar-refractivity contribution in [3.63, 3.8) is 0 Å². The van der Waals surface area contributed by atoms with Crippen LogP contribution in [0.2, 0.25) is 0 Å². The van der Waals surface area contributed by atoms with Gasteiger partial charge in [0.1, 0.15) is 0 Å². The molecule has 2 N–H and O–H groups in total. The van der Waals surface area contributed by atoms with Crippen molar-refractivity contribution in [1.29, 1.82) is 0 Å². The van der Waals surface area contributed by atoms with Crippen molar-refractivity contribution in [2.24, 2.45) is 0 Å².